The average molecular weight is 328 g/mol. The first-order valence-corrected chi connectivity index (χ1v) is 7.12. The van der Waals surface area contributed by atoms with Crippen molar-refractivity contribution in [2.24, 2.45) is 0 Å². The second kappa shape index (κ2) is 5.95. The molecule has 0 nitrogen and oxygen atoms in total. The molecule has 0 aliphatic carbocycles. The highest BCUT2D eigenvalue weighted by molar-refractivity contribution is 5.42. The van der Waals surface area contributed by atoms with Gasteiger partial charge in [0.2, 0.25) is 0 Å². The second-order valence-electron chi connectivity index (χ2n) is 5.86. The van der Waals surface area contributed by atoms with Gasteiger partial charge in [0.15, 0.2) is 0 Å². The van der Waals surface area contributed by atoms with Crippen molar-refractivity contribution in [1.82, 2.24) is 0 Å². The standard InChI is InChI=1S/C18H17F5/c1-9-5-13(7-15(19)11(9)3)17(18(21,22)23)14-6-10(2)12(4)16(20)8-14/h5-8,17H,1-4H3. The van der Waals surface area contributed by atoms with Gasteiger partial charge in [0, 0.05) is 0 Å². The van der Waals surface area contributed by atoms with E-state index in [4.69, 9.17) is 0 Å². The zero-order valence-electron chi connectivity index (χ0n) is 13.3. The SMILES string of the molecule is Cc1cc(C(c2cc(C)c(C)c(F)c2)C(F)(F)F)cc(F)c1C. The summed E-state index contributed by atoms with van der Waals surface area (Å²) in [7, 11) is 0. The van der Waals surface area contributed by atoms with Crippen LogP contribution < -0.4 is 0 Å². The molecule has 0 radical (unpaired) electrons. The summed E-state index contributed by atoms with van der Waals surface area (Å²) in [5, 5.41) is 0. The van der Waals surface area contributed by atoms with Crippen LogP contribution in [0.4, 0.5) is 22.0 Å². The predicted octanol–water partition coefficient (Wildman–Crippen LogP) is 5.89. The topological polar surface area (TPSA) is 0 Å². The highest BCUT2D eigenvalue weighted by Gasteiger charge is 2.42. The van der Waals surface area contributed by atoms with Crippen molar-refractivity contribution in [3.8, 4) is 0 Å². The van der Waals surface area contributed by atoms with Crippen molar-refractivity contribution in [1.29, 1.82) is 0 Å². The van der Waals surface area contributed by atoms with Gasteiger partial charge >= 0.3 is 6.18 Å². The number of rotatable bonds is 2. The Bertz CT molecular complexity index is 640. The first-order chi connectivity index (χ1) is 10.5. The van der Waals surface area contributed by atoms with E-state index in [9.17, 15) is 22.0 Å². The molecule has 2 rings (SSSR count). The van der Waals surface area contributed by atoms with Crippen LogP contribution >= 0.6 is 0 Å². The smallest absolute Gasteiger partial charge is 0.207 e. The molecule has 0 aliphatic rings. The van der Waals surface area contributed by atoms with Crippen molar-refractivity contribution in [2.75, 3.05) is 0 Å². The molecule has 0 aliphatic heterocycles. The molecule has 124 valence electrons. The minimum atomic E-state index is -4.65. The number of hydrogen-bond acceptors (Lipinski definition) is 0. The van der Waals surface area contributed by atoms with E-state index in [0.717, 1.165) is 12.1 Å². The maximum absolute atomic E-state index is 13.9. The molecule has 0 fully saturated rings. The van der Waals surface area contributed by atoms with Crippen LogP contribution in [0, 0.1) is 39.3 Å². The molecule has 5 heteroatoms. The number of hydrogen-bond donors (Lipinski definition) is 0. The van der Waals surface area contributed by atoms with E-state index >= 15 is 0 Å². The summed E-state index contributed by atoms with van der Waals surface area (Å²) in [6, 6.07) is 4.38. The molecule has 0 spiro atoms. The molecule has 0 atom stereocenters. The molecule has 23 heavy (non-hydrogen) atoms. The summed E-state index contributed by atoms with van der Waals surface area (Å²) in [5.74, 6) is -3.46. The van der Waals surface area contributed by atoms with Gasteiger partial charge in [0.05, 0.1) is 0 Å². The molecular weight excluding hydrogens is 311 g/mol. The Kier molecular flexibility index (Phi) is 4.51. The van der Waals surface area contributed by atoms with E-state index in [0.29, 0.717) is 22.3 Å². The van der Waals surface area contributed by atoms with Crippen LogP contribution in [-0.2, 0) is 0 Å². The normalized spacial score (nSPS) is 12.1. The summed E-state index contributed by atoms with van der Waals surface area (Å²) in [6.45, 7) is 6.12. The van der Waals surface area contributed by atoms with Crippen molar-refractivity contribution in [3.63, 3.8) is 0 Å². The van der Waals surface area contributed by atoms with E-state index < -0.39 is 23.7 Å². The van der Waals surface area contributed by atoms with Crippen LogP contribution in [0.5, 0.6) is 0 Å². The maximum Gasteiger partial charge on any atom is 0.399 e. The summed E-state index contributed by atoms with van der Waals surface area (Å²) >= 11 is 0. The molecule has 2 aromatic rings. The minimum absolute atomic E-state index is 0.222. The number of alkyl halides is 3. The van der Waals surface area contributed by atoms with Gasteiger partial charge in [-0.2, -0.15) is 13.2 Å². The van der Waals surface area contributed by atoms with Gasteiger partial charge in [-0.05, 0) is 73.2 Å². The van der Waals surface area contributed by atoms with Crippen LogP contribution in [0.2, 0.25) is 0 Å². The fourth-order valence-electron chi connectivity index (χ4n) is 2.59. The molecule has 0 saturated carbocycles. The Labute approximate surface area is 132 Å². The van der Waals surface area contributed by atoms with Gasteiger partial charge in [-0.15, -0.1) is 0 Å². The highest BCUT2D eigenvalue weighted by Crippen LogP contribution is 2.41. The fraction of sp³-hybridized carbons (Fsp3) is 0.333. The number of halogens is 5. The summed E-state index contributed by atoms with van der Waals surface area (Å²) in [4.78, 5) is 0. The summed E-state index contributed by atoms with van der Waals surface area (Å²) in [5.41, 5.74) is 1.03. The molecule has 0 saturated heterocycles. The van der Waals surface area contributed by atoms with Gasteiger partial charge in [-0.25, -0.2) is 8.78 Å². The van der Waals surface area contributed by atoms with Gasteiger partial charge in [-0.3, -0.25) is 0 Å². The molecule has 0 unspecified atom stereocenters. The maximum atomic E-state index is 13.9. The van der Waals surface area contributed by atoms with Crippen molar-refractivity contribution in [2.45, 2.75) is 39.8 Å². The first kappa shape index (κ1) is 17.4. The zero-order valence-corrected chi connectivity index (χ0v) is 13.3. The Hall–Kier alpha value is -1.91. The largest absolute Gasteiger partial charge is 0.399 e. The molecule has 0 aromatic heterocycles. The lowest BCUT2D eigenvalue weighted by Gasteiger charge is -2.23. The number of benzene rings is 2. The third-order valence-corrected chi connectivity index (χ3v) is 4.25. The van der Waals surface area contributed by atoms with Gasteiger partial charge in [0.25, 0.3) is 0 Å². The van der Waals surface area contributed by atoms with Crippen LogP contribution in [0.3, 0.4) is 0 Å². The lowest BCUT2D eigenvalue weighted by atomic mass is 9.87. The van der Waals surface area contributed by atoms with Gasteiger partial charge in [-0.1, -0.05) is 12.1 Å². The summed E-state index contributed by atoms with van der Waals surface area (Å²) in [6.07, 6.45) is -4.65. The number of aryl methyl sites for hydroxylation is 2. The Balaban J connectivity index is 2.69. The minimum Gasteiger partial charge on any atom is -0.207 e. The predicted molar refractivity (Wildman–Crippen MR) is 79.6 cm³/mol. The molecular formula is C18H17F5. The quantitative estimate of drug-likeness (QED) is 0.603. The van der Waals surface area contributed by atoms with Crippen LogP contribution in [-0.4, -0.2) is 6.18 Å². The van der Waals surface area contributed by atoms with Gasteiger partial charge < -0.3 is 0 Å². The van der Waals surface area contributed by atoms with Crippen LogP contribution in [0.25, 0.3) is 0 Å². The first-order valence-electron chi connectivity index (χ1n) is 7.12. The molecule has 0 amide bonds. The Morgan fingerprint density at radius 2 is 1.04 bits per heavy atom. The van der Waals surface area contributed by atoms with E-state index in [1.165, 1.54) is 26.0 Å². The Morgan fingerprint density at radius 1 is 0.696 bits per heavy atom. The van der Waals surface area contributed by atoms with Crippen molar-refractivity contribution >= 4 is 0 Å². The van der Waals surface area contributed by atoms with E-state index in [1.54, 1.807) is 13.8 Å². The molecule has 0 N–H and O–H groups in total. The van der Waals surface area contributed by atoms with Crippen molar-refractivity contribution < 1.29 is 22.0 Å². The Morgan fingerprint density at radius 3 is 1.30 bits per heavy atom. The van der Waals surface area contributed by atoms with Gasteiger partial charge in [0.1, 0.15) is 17.6 Å². The van der Waals surface area contributed by atoms with E-state index in [-0.39, 0.29) is 11.1 Å². The lowest BCUT2D eigenvalue weighted by Crippen LogP contribution is -2.23. The molecule has 0 bridgehead atoms. The van der Waals surface area contributed by atoms with E-state index in [2.05, 4.69) is 0 Å². The fourth-order valence-corrected chi connectivity index (χ4v) is 2.59. The van der Waals surface area contributed by atoms with Crippen LogP contribution in [0.15, 0.2) is 24.3 Å². The third kappa shape index (κ3) is 3.38. The highest BCUT2D eigenvalue weighted by atomic mass is 19.4. The molecule has 2 aromatic carbocycles. The lowest BCUT2D eigenvalue weighted by molar-refractivity contribution is -0.141. The monoisotopic (exact) mass is 328 g/mol. The average Bonchev–Trinajstić information content (AvgIpc) is 2.40. The summed E-state index contributed by atoms with van der Waals surface area (Å²) < 4.78 is 68.5. The molecule has 0 heterocycles. The third-order valence-electron chi connectivity index (χ3n) is 4.25. The van der Waals surface area contributed by atoms with Crippen molar-refractivity contribution in [3.05, 3.63) is 69.3 Å². The zero-order chi connectivity index (χ0) is 17.5. The second-order valence-corrected chi connectivity index (χ2v) is 5.86. The van der Waals surface area contributed by atoms with Crippen LogP contribution in [0.1, 0.15) is 39.3 Å². The van der Waals surface area contributed by atoms with E-state index in [1.807, 2.05) is 0 Å².